The molecule has 4 heterocycles. The molecule has 0 unspecified atom stereocenters. The van der Waals surface area contributed by atoms with Gasteiger partial charge in [0.15, 0.2) is 0 Å². The summed E-state index contributed by atoms with van der Waals surface area (Å²) < 4.78 is 33.3. The van der Waals surface area contributed by atoms with Gasteiger partial charge < -0.3 is 14.5 Å². The van der Waals surface area contributed by atoms with E-state index in [0.717, 1.165) is 35.9 Å². The number of sulfonamides is 1. The summed E-state index contributed by atoms with van der Waals surface area (Å²) in [4.78, 5) is 14.7. The summed E-state index contributed by atoms with van der Waals surface area (Å²) in [7, 11) is -3.43. The highest BCUT2D eigenvalue weighted by Gasteiger charge is 2.30. The van der Waals surface area contributed by atoms with Gasteiger partial charge in [-0.3, -0.25) is 0 Å². The molecule has 4 rings (SSSR count). The lowest BCUT2D eigenvalue weighted by Crippen LogP contribution is -2.49. The molecule has 2 aromatic heterocycles. The van der Waals surface area contributed by atoms with Crippen molar-refractivity contribution in [3.8, 4) is 0 Å². The third-order valence-electron chi connectivity index (χ3n) is 5.27. The fourth-order valence-corrected chi connectivity index (χ4v) is 6.45. The molecule has 10 heteroatoms. The van der Waals surface area contributed by atoms with Crippen molar-refractivity contribution in [2.75, 3.05) is 62.3 Å². The van der Waals surface area contributed by atoms with Crippen LogP contribution in [0, 0.1) is 6.92 Å². The Bertz CT molecular complexity index is 949. The van der Waals surface area contributed by atoms with Crippen LogP contribution in [-0.4, -0.2) is 75.2 Å². The van der Waals surface area contributed by atoms with Crippen LogP contribution < -0.4 is 9.80 Å². The van der Waals surface area contributed by atoms with Gasteiger partial charge >= 0.3 is 0 Å². The van der Waals surface area contributed by atoms with Crippen LogP contribution >= 0.6 is 11.3 Å². The van der Waals surface area contributed by atoms with Gasteiger partial charge in [-0.05, 0) is 25.5 Å². The second-order valence-electron chi connectivity index (χ2n) is 7.23. The zero-order valence-electron chi connectivity index (χ0n) is 16.9. The van der Waals surface area contributed by atoms with E-state index in [2.05, 4.69) is 14.8 Å². The SMILES string of the molecule is CCc1ccc(S(=O)(=O)N2CCN(c3nc(C)cc(N4CCOCC4)n3)CC2)s1. The molecule has 2 aliphatic rings. The van der Waals surface area contributed by atoms with E-state index in [1.807, 2.05) is 26.0 Å². The molecule has 0 spiro atoms. The first kappa shape index (κ1) is 20.5. The average Bonchev–Trinajstić information content (AvgIpc) is 3.24. The fraction of sp³-hybridized carbons (Fsp3) is 0.579. The summed E-state index contributed by atoms with van der Waals surface area (Å²) in [5.74, 6) is 1.59. The lowest BCUT2D eigenvalue weighted by Gasteiger charge is -2.34. The molecule has 0 bridgehead atoms. The highest BCUT2D eigenvalue weighted by Crippen LogP contribution is 2.27. The van der Waals surface area contributed by atoms with E-state index in [-0.39, 0.29) is 0 Å². The molecule has 0 radical (unpaired) electrons. The Balaban J connectivity index is 1.46. The normalized spacial score (nSPS) is 19.0. The minimum Gasteiger partial charge on any atom is -0.378 e. The third kappa shape index (κ3) is 4.40. The van der Waals surface area contributed by atoms with Crippen molar-refractivity contribution >= 4 is 33.1 Å². The van der Waals surface area contributed by atoms with Crippen LogP contribution in [-0.2, 0) is 21.2 Å². The predicted octanol–water partition coefficient (Wildman–Crippen LogP) is 1.76. The number of aromatic nitrogens is 2. The van der Waals surface area contributed by atoms with Gasteiger partial charge in [0.2, 0.25) is 5.95 Å². The number of anilines is 2. The van der Waals surface area contributed by atoms with Gasteiger partial charge in [0.1, 0.15) is 10.0 Å². The maximum Gasteiger partial charge on any atom is 0.252 e. The Hall–Kier alpha value is -1.75. The molecule has 0 aromatic carbocycles. The van der Waals surface area contributed by atoms with Crippen molar-refractivity contribution < 1.29 is 13.2 Å². The van der Waals surface area contributed by atoms with Gasteiger partial charge in [-0.1, -0.05) is 6.92 Å². The number of hydrogen-bond acceptors (Lipinski definition) is 8. The molecule has 29 heavy (non-hydrogen) atoms. The minimum atomic E-state index is -3.43. The number of thiophene rings is 1. The smallest absolute Gasteiger partial charge is 0.252 e. The van der Waals surface area contributed by atoms with E-state index in [1.54, 1.807) is 10.4 Å². The minimum absolute atomic E-state index is 0.434. The van der Waals surface area contributed by atoms with Gasteiger partial charge in [-0.2, -0.15) is 9.29 Å². The molecule has 0 atom stereocenters. The van der Waals surface area contributed by atoms with E-state index in [9.17, 15) is 8.42 Å². The first-order valence-electron chi connectivity index (χ1n) is 9.99. The zero-order valence-corrected chi connectivity index (χ0v) is 18.5. The zero-order chi connectivity index (χ0) is 20.4. The Morgan fingerprint density at radius 1 is 1.03 bits per heavy atom. The van der Waals surface area contributed by atoms with Crippen molar-refractivity contribution in [1.29, 1.82) is 0 Å². The average molecular weight is 438 g/mol. The second-order valence-corrected chi connectivity index (χ2v) is 10.6. The molecular weight excluding hydrogens is 410 g/mol. The standard InChI is InChI=1S/C19H27N5O3S2/c1-3-16-4-5-18(28-16)29(25,26)24-8-6-23(7-9-24)19-20-15(2)14-17(21-19)22-10-12-27-13-11-22/h4-5,14H,3,6-13H2,1-2H3. The molecule has 2 saturated heterocycles. The topological polar surface area (TPSA) is 78.9 Å². The molecule has 2 aromatic rings. The molecule has 2 fully saturated rings. The lowest BCUT2D eigenvalue weighted by molar-refractivity contribution is 0.122. The number of nitrogens with zero attached hydrogens (tertiary/aromatic N) is 5. The van der Waals surface area contributed by atoms with Gasteiger partial charge in [0.25, 0.3) is 10.0 Å². The van der Waals surface area contributed by atoms with Crippen LogP contribution in [0.3, 0.4) is 0 Å². The highest BCUT2D eigenvalue weighted by atomic mass is 32.2. The Morgan fingerprint density at radius 3 is 2.41 bits per heavy atom. The van der Waals surface area contributed by atoms with Crippen LogP contribution in [0.15, 0.2) is 22.4 Å². The summed E-state index contributed by atoms with van der Waals surface area (Å²) in [6.45, 7) is 9.10. The summed E-state index contributed by atoms with van der Waals surface area (Å²) >= 11 is 1.37. The van der Waals surface area contributed by atoms with Crippen molar-refractivity contribution in [2.24, 2.45) is 0 Å². The van der Waals surface area contributed by atoms with E-state index in [0.29, 0.717) is 49.6 Å². The Labute approximate surface area is 176 Å². The van der Waals surface area contributed by atoms with E-state index in [1.165, 1.54) is 11.3 Å². The summed E-state index contributed by atoms with van der Waals surface area (Å²) in [6, 6.07) is 5.63. The van der Waals surface area contributed by atoms with E-state index in [4.69, 9.17) is 9.72 Å². The van der Waals surface area contributed by atoms with Crippen LogP contribution in [0.2, 0.25) is 0 Å². The first-order valence-corrected chi connectivity index (χ1v) is 12.2. The van der Waals surface area contributed by atoms with Gasteiger partial charge in [0, 0.05) is 55.9 Å². The largest absolute Gasteiger partial charge is 0.378 e. The summed E-state index contributed by atoms with van der Waals surface area (Å²) in [6.07, 6.45) is 0.851. The molecule has 0 aliphatic carbocycles. The van der Waals surface area contributed by atoms with Crippen LogP contribution in [0.1, 0.15) is 17.5 Å². The monoisotopic (exact) mass is 437 g/mol. The molecular formula is C19H27N5O3S2. The molecule has 8 nitrogen and oxygen atoms in total. The van der Waals surface area contributed by atoms with E-state index < -0.39 is 10.0 Å². The molecule has 0 amide bonds. The lowest BCUT2D eigenvalue weighted by atomic mass is 10.3. The quantitative estimate of drug-likeness (QED) is 0.705. The van der Waals surface area contributed by atoms with Gasteiger partial charge in [-0.25, -0.2) is 13.4 Å². The molecule has 2 aliphatic heterocycles. The van der Waals surface area contributed by atoms with Crippen LogP contribution in [0.25, 0.3) is 0 Å². The third-order valence-corrected chi connectivity index (χ3v) is 8.86. The second kappa shape index (κ2) is 8.55. The summed E-state index contributed by atoms with van der Waals surface area (Å²) in [5.41, 5.74) is 0.914. The van der Waals surface area contributed by atoms with Crippen LogP contribution in [0.5, 0.6) is 0 Å². The number of morpholine rings is 1. The Kier molecular flexibility index (Phi) is 6.05. The van der Waals surface area contributed by atoms with Crippen LogP contribution in [0.4, 0.5) is 11.8 Å². The van der Waals surface area contributed by atoms with Crippen molar-refractivity contribution in [2.45, 2.75) is 24.5 Å². The number of rotatable bonds is 5. The number of hydrogen-bond donors (Lipinski definition) is 0. The van der Waals surface area contributed by atoms with Crippen molar-refractivity contribution in [3.63, 3.8) is 0 Å². The van der Waals surface area contributed by atoms with Crippen molar-refractivity contribution in [3.05, 3.63) is 28.8 Å². The first-order chi connectivity index (χ1) is 14.0. The predicted molar refractivity (Wildman–Crippen MR) is 114 cm³/mol. The number of piperazine rings is 1. The van der Waals surface area contributed by atoms with Gasteiger partial charge in [-0.15, -0.1) is 11.3 Å². The Morgan fingerprint density at radius 2 is 1.76 bits per heavy atom. The fourth-order valence-electron chi connectivity index (χ4n) is 3.58. The number of aryl methyl sites for hydroxylation is 2. The molecule has 0 N–H and O–H groups in total. The maximum absolute atomic E-state index is 12.9. The van der Waals surface area contributed by atoms with Crippen molar-refractivity contribution in [1.82, 2.24) is 14.3 Å². The molecule has 158 valence electrons. The molecule has 0 saturated carbocycles. The highest BCUT2D eigenvalue weighted by molar-refractivity contribution is 7.91. The van der Waals surface area contributed by atoms with Gasteiger partial charge in [0.05, 0.1) is 13.2 Å². The van der Waals surface area contributed by atoms with E-state index >= 15 is 0 Å². The number of ether oxygens (including phenoxy) is 1. The summed E-state index contributed by atoms with van der Waals surface area (Å²) in [5, 5.41) is 0. The maximum atomic E-state index is 12.9.